The van der Waals surface area contributed by atoms with Crippen LogP contribution in [0.25, 0.3) is 0 Å². The highest BCUT2D eigenvalue weighted by Crippen LogP contribution is 2.60. The molecule has 4 nitrogen and oxygen atoms in total. The van der Waals surface area contributed by atoms with E-state index in [9.17, 15) is 4.57 Å². The first-order valence-corrected chi connectivity index (χ1v) is 8.22. The van der Waals surface area contributed by atoms with E-state index in [4.69, 9.17) is 13.6 Å². The van der Waals surface area contributed by atoms with E-state index < -0.39 is 19.0 Å². The molecule has 0 aromatic carbocycles. The Morgan fingerprint density at radius 2 is 1.39 bits per heavy atom. The van der Waals surface area contributed by atoms with Crippen molar-refractivity contribution in [3.63, 3.8) is 0 Å². The summed E-state index contributed by atoms with van der Waals surface area (Å²) < 4.78 is 27.7. The Labute approximate surface area is 112 Å². The number of rotatable bonds is 3. The first-order valence-electron chi connectivity index (χ1n) is 6.76. The van der Waals surface area contributed by atoms with Gasteiger partial charge in [-0.3, -0.25) is 13.6 Å². The van der Waals surface area contributed by atoms with Gasteiger partial charge < -0.3 is 0 Å². The van der Waals surface area contributed by atoms with Crippen LogP contribution in [0.1, 0.15) is 67.7 Å². The number of hydrogen-bond donors (Lipinski definition) is 0. The maximum atomic E-state index is 12.0. The van der Waals surface area contributed by atoms with E-state index in [-0.39, 0.29) is 0 Å². The topological polar surface area (TPSA) is 44.8 Å². The highest BCUT2D eigenvalue weighted by Gasteiger charge is 2.48. The molecule has 1 aliphatic rings. The molecule has 0 aromatic rings. The zero-order chi connectivity index (χ0) is 14.4. The highest BCUT2D eigenvalue weighted by molar-refractivity contribution is 7.48. The summed E-state index contributed by atoms with van der Waals surface area (Å²) in [6, 6.07) is 0. The summed E-state index contributed by atoms with van der Waals surface area (Å²) in [6.07, 6.45) is 3.33. The minimum atomic E-state index is -3.36. The Bertz CT molecular complexity index is 265. The Morgan fingerprint density at radius 3 is 1.67 bits per heavy atom. The molecule has 1 fully saturated rings. The Kier molecular flexibility index (Phi) is 7.09. The number of hydrogen-bond acceptors (Lipinski definition) is 4. The maximum absolute atomic E-state index is 12.0. The summed E-state index contributed by atoms with van der Waals surface area (Å²) in [4.78, 5) is 0. The maximum Gasteiger partial charge on any atom is 0.475 e. The highest BCUT2D eigenvalue weighted by atomic mass is 31.2. The Hall–Kier alpha value is 0.110. The van der Waals surface area contributed by atoms with Crippen LogP contribution < -0.4 is 0 Å². The van der Waals surface area contributed by atoms with Crippen LogP contribution in [0.3, 0.4) is 0 Å². The Balaban J connectivity index is 0.000000631. The second kappa shape index (κ2) is 7.04. The quantitative estimate of drug-likeness (QED) is 0.687. The fraction of sp³-hybridized carbons (Fsp3) is 1.00. The van der Waals surface area contributed by atoms with Crippen LogP contribution in [0, 0.1) is 0 Å². The molecule has 0 saturated carbocycles. The van der Waals surface area contributed by atoms with Gasteiger partial charge in [0.1, 0.15) is 0 Å². The van der Waals surface area contributed by atoms with E-state index >= 15 is 0 Å². The Morgan fingerprint density at radius 1 is 1.00 bits per heavy atom. The van der Waals surface area contributed by atoms with Gasteiger partial charge in [0, 0.05) is 6.42 Å². The molecule has 0 radical (unpaired) electrons. The second-order valence-electron chi connectivity index (χ2n) is 5.74. The third-order valence-electron chi connectivity index (χ3n) is 2.36. The van der Waals surface area contributed by atoms with E-state index in [1.54, 1.807) is 6.92 Å². The van der Waals surface area contributed by atoms with E-state index in [2.05, 4.69) is 13.8 Å². The molecule has 0 unspecified atom stereocenters. The lowest BCUT2D eigenvalue weighted by Crippen LogP contribution is -2.41. The average molecular weight is 280 g/mol. The predicted molar refractivity (Wildman–Crippen MR) is 74.8 cm³/mol. The van der Waals surface area contributed by atoms with Crippen molar-refractivity contribution in [2.24, 2.45) is 0 Å². The molecule has 0 atom stereocenters. The van der Waals surface area contributed by atoms with E-state index in [1.807, 2.05) is 27.7 Å². The van der Waals surface area contributed by atoms with Crippen molar-refractivity contribution in [2.45, 2.75) is 78.9 Å². The molecule has 1 heterocycles. The van der Waals surface area contributed by atoms with Crippen molar-refractivity contribution < 1.29 is 18.1 Å². The summed E-state index contributed by atoms with van der Waals surface area (Å²) in [6.45, 7) is 14.0. The molecule has 18 heavy (non-hydrogen) atoms. The fourth-order valence-corrected chi connectivity index (χ4v) is 3.72. The van der Waals surface area contributed by atoms with Gasteiger partial charge in [-0.15, -0.1) is 0 Å². The zero-order valence-corrected chi connectivity index (χ0v) is 13.8. The normalized spacial score (nSPS) is 23.9. The summed E-state index contributed by atoms with van der Waals surface area (Å²) in [5.74, 6) is 0. The lowest BCUT2D eigenvalue weighted by molar-refractivity contribution is -0.0884. The molecule has 110 valence electrons. The number of phosphoric ester groups is 1. The van der Waals surface area contributed by atoms with Crippen molar-refractivity contribution >= 4 is 7.82 Å². The van der Waals surface area contributed by atoms with Crippen molar-refractivity contribution in [1.82, 2.24) is 0 Å². The first-order chi connectivity index (χ1) is 8.10. The van der Waals surface area contributed by atoms with Gasteiger partial charge in [0.25, 0.3) is 0 Å². The molecule has 0 aromatic heterocycles. The minimum absolute atomic E-state index is 0.323. The van der Waals surface area contributed by atoms with Gasteiger partial charge in [-0.25, -0.2) is 4.57 Å². The van der Waals surface area contributed by atoms with E-state index in [0.29, 0.717) is 13.0 Å². The van der Waals surface area contributed by atoms with Crippen LogP contribution in [0.5, 0.6) is 0 Å². The van der Waals surface area contributed by atoms with Crippen LogP contribution in [-0.2, 0) is 18.1 Å². The molecule has 0 bridgehead atoms. The molecule has 1 aliphatic heterocycles. The van der Waals surface area contributed by atoms with Gasteiger partial charge in [-0.1, -0.05) is 26.7 Å². The predicted octanol–water partition coefficient (Wildman–Crippen LogP) is 4.93. The lowest BCUT2D eigenvalue weighted by atomic mass is 9.93. The smallest absolute Gasteiger partial charge is 0.287 e. The van der Waals surface area contributed by atoms with Crippen molar-refractivity contribution in [1.29, 1.82) is 0 Å². The van der Waals surface area contributed by atoms with Crippen LogP contribution in [0.15, 0.2) is 0 Å². The molecule has 0 spiro atoms. The molecule has 1 saturated heterocycles. The summed E-state index contributed by atoms with van der Waals surface area (Å²) in [5.41, 5.74) is -0.932. The molecule has 0 amide bonds. The molecular formula is C13H29O4P. The lowest BCUT2D eigenvalue weighted by Gasteiger charge is -2.43. The minimum Gasteiger partial charge on any atom is -0.287 e. The van der Waals surface area contributed by atoms with Gasteiger partial charge in [-0.2, -0.15) is 0 Å². The van der Waals surface area contributed by atoms with Gasteiger partial charge in [-0.05, 0) is 34.6 Å². The summed E-state index contributed by atoms with van der Waals surface area (Å²) >= 11 is 0. The van der Waals surface area contributed by atoms with E-state index in [0.717, 1.165) is 0 Å². The van der Waals surface area contributed by atoms with Crippen LogP contribution in [-0.4, -0.2) is 17.8 Å². The van der Waals surface area contributed by atoms with Crippen LogP contribution >= 0.6 is 7.82 Å². The molecule has 0 N–H and O–H groups in total. The van der Waals surface area contributed by atoms with Gasteiger partial charge in [0.05, 0.1) is 17.8 Å². The molecule has 1 rings (SSSR count). The third-order valence-corrected chi connectivity index (χ3v) is 4.37. The van der Waals surface area contributed by atoms with Crippen molar-refractivity contribution in [2.75, 3.05) is 6.61 Å². The van der Waals surface area contributed by atoms with E-state index in [1.165, 1.54) is 12.8 Å². The number of unbranched alkanes of at least 4 members (excludes halogenated alkanes) is 1. The second-order valence-corrected chi connectivity index (χ2v) is 7.26. The summed E-state index contributed by atoms with van der Waals surface area (Å²) in [5, 5.41) is 0. The van der Waals surface area contributed by atoms with Crippen molar-refractivity contribution in [3.05, 3.63) is 0 Å². The SMILES string of the molecule is CCCC.CCOP1(=O)OC(C)(C)CC(C)(C)O1. The standard InChI is InChI=1S/C9H19O4P.C4H10/c1-6-11-14(10)12-8(2,3)7-9(4,5)13-14;1-3-4-2/h6-7H2,1-5H3;3-4H2,1-2H3. The third kappa shape index (κ3) is 6.89. The van der Waals surface area contributed by atoms with Crippen LogP contribution in [0.4, 0.5) is 0 Å². The largest absolute Gasteiger partial charge is 0.475 e. The van der Waals surface area contributed by atoms with Gasteiger partial charge >= 0.3 is 7.82 Å². The molecule has 0 aliphatic carbocycles. The molecule has 5 heteroatoms. The number of phosphoric acid groups is 1. The summed E-state index contributed by atoms with van der Waals surface area (Å²) in [7, 11) is -3.36. The van der Waals surface area contributed by atoms with Crippen LogP contribution in [0.2, 0.25) is 0 Å². The first kappa shape index (κ1) is 18.1. The van der Waals surface area contributed by atoms with Gasteiger partial charge in [0.2, 0.25) is 0 Å². The average Bonchev–Trinajstić information content (AvgIpc) is 2.12. The fourth-order valence-electron chi connectivity index (χ4n) is 1.92. The zero-order valence-electron chi connectivity index (χ0n) is 12.9. The monoisotopic (exact) mass is 280 g/mol. The molecular weight excluding hydrogens is 251 g/mol. The van der Waals surface area contributed by atoms with Crippen molar-refractivity contribution in [3.8, 4) is 0 Å². The van der Waals surface area contributed by atoms with Gasteiger partial charge in [0.15, 0.2) is 0 Å².